The molecule has 1 amide bonds. The fraction of sp³-hybridized carbons (Fsp3) is 0.300. The predicted octanol–water partition coefficient (Wildman–Crippen LogP) is 2.24. The smallest absolute Gasteiger partial charge is 0.417 e. The number of nitrogens with one attached hydrogen (secondary N) is 1. The average molecular weight is 367 g/mol. The largest absolute Gasteiger partial charge is 0.493 e. The number of hydrogen-bond acceptors (Lipinski definition) is 5. The molecule has 27 heavy (non-hydrogen) atoms. The third kappa shape index (κ3) is 3.81. The van der Waals surface area contributed by atoms with Crippen LogP contribution in [0.1, 0.15) is 6.42 Å². The number of H-pyrrole nitrogens is 1. The van der Waals surface area contributed by atoms with Crippen LogP contribution in [0.5, 0.6) is 5.75 Å². The third-order valence-corrected chi connectivity index (χ3v) is 4.73. The molecule has 2 heterocycles. The van der Waals surface area contributed by atoms with Gasteiger partial charge < -0.3 is 19.0 Å². The number of aromatic amines is 1. The zero-order chi connectivity index (χ0) is 18.6. The number of ether oxygens (including phenoxy) is 1. The Hall–Kier alpha value is -3.22. The summed E-state index contributed by atoms with van der Waals surface area (Å²) in [5, 5.41) is 0. The Morgan fingerprint density at radius 3 is 2.59 bits per heavy atom. The number of fused-ring (bicyclic) bond motifs is 1. The first-order valence-electron chi connectivity index (χ1n) is 9.03. The Kier molecular flexibility index (Phi) is 4.82. The molecule has 0 spiro atoms. The van der Waals surface area contributed by atoms with Gasteiger partial charge in [0.05, 0.1) is 24.2 Å². The van der Waals surface area contributed by atoms with E-state index >= 15 is 0 Å². The maximum Gasteiger partial charge on any atom is 0.417 e. The normalized spacial score (nSPS) is 14.5. The second-order valence-corrected chi connectivity index (χ2v) is 6.45. The summed E-state index contributed by atoms with van der Waals surface area (Å²) >= 11 is 0. The summed E-state index contributed by atoms with van der Waals surface area (Å²) in [5.41, 5.74) is 2.14. The quantitative estimate of drug-likeness (QED) is 0.748. The Morgan fingerprint density at radius 2 is 1.81 bits per heavy atom. The van der Waals surface area contributed by atoms with Crippen molar-refractivity contribution in [2.75, 3.05) is 37.7 Å². The standard InChI is InChI=1S/C20H21N3O4/c24-18(9-14-26-15-5-2-1-3-6-15)23-12-10-22(11-13-23)17-8-4-7-16-19(17)27-20(25)21-16/h1-8H,9-14H2,(H,21,25). The van der Waals surface area contributed by atoms with E-state index < -0.39 is 5.76 Å². The van der Waals surface area contributed by atoms with Crippen molar-refractivity contribution in [1.29, 1.82) is 0 Å². The highest BCUT2D eigenvalue weighted by Gasteiger charge is 2.23. The van der Waals surface area contributed by atoms with Gasteiger partial charge in [0, 0.05) is 26.2 Å². The predicted molar refractivity (Wildman–Crippen MR) is 102 cm³/mol. The maximum absolute atomic E-state index is 12.4. The minimum Gasteiger partial charge on any atom is -0.493 e. The summed E-state index contributed by atoms with van der Waals surface area (Å²) in [6.07, 6.45) is 0.358. The van der Waals surface area contributed by atoms with Crippen LogP contribution in [0, 0.1) is 0 Å². The molecule has 7 heteroatoms. The second kappa shape index (κ2) is 7.57. The number of benzene rings is 2. The molecule has 1 fully saturated rings. The fourth-order valence-corrected chi connectivity index (χ4v) is 3.34. The SMILES string of the molecule is O=C(CCOc1ccccc1)N1CCN(c2cccc3[nH]c(=O)oc23)CC1. The number of carbonyl (C=O) groups excluding carboxylic acids is 1. The number of oxazole rings is 1. The van der Waals surface area contributed by atoms with Gasteiger partial charge >= 0.3 is 5.76 Å². The molecule has 0 bridgehead atoms. The summed E-state index contributed by atoms with van der Waals surface area (Å²) in [7, 11) is 0. The lowest BCUT2D eigenvalue weighted by Gasteiger charge is -2.36. The van der Waals surface area contributed by atoms with E-state index in [1.165, 1.54) is 0 Å². The molecule has 1 aromatic heterocycles. The van der Waals surface area contributed by atoms with Gasteiger partial charge in [-0.3, -0.25) is 9.78 Å². The lowest BCUT2D eigenvalue weighted by molar-refractivity contribution is -0.132. The number of carbonyl (C=O) groups is 1. The lowest BCUT2D eigenvalue weighted by Crippen LogP contribution is -2.49. The van der Waals surface area contributed by atoms with Crippen molar-refractivity contribution in [1.82, 2.24) is 9.88 Å². The number of nitrogens with zero attached hydrogens (tertiary/aromatic N) is 2. The van der Waals surface area contributed by atoms with Gasteiger partial charge in [0.25, 0.3) is 0 Å². The summed E-state index contributed by atoms with van der Waals surface area (Å²) in [4.78, 5) is 30.5. The number of amides is 1. The van der Waals surface area contributed by atoms with Crippen LogP contribution >= 0.6 is 0 Å². The van der Waals surface area contributed by atoms with Crippen molar-refractivity contribution in [3.05, 3.63) is 59.1 Å². The summed E-state index contributed by atoms with van der Waals surface area (Å²) in [5.74, 6) is 0.415. The van der Waals surface area contributed by atoms with Gasteiger partial charge in [-0.25, -0.2) is 4.79 Å². The number of hydrogen-bond donors (Lipinski definition) is 1. The first kappa shape index (κ1) is 17.2. The van der Waals surface area contributed by atoms with Crippen molar-refractivity contribution >= 4 is 22.7 Å². The van der Waals surface area contributed by atoms with Crippen LogP contribution in [-0.4, -0.2) is 48.6 Å². The molecule has 0 unspecified atom stereocenters. The molecule has 1 aliphatic rings. The van der Waals surface area contributed by atoms with Gasteiger partial charge in [-0.05, 0) is 24.3 Å². The van der Waals surface area contributed by atoms with Crippen molar-refractivity contribution in [2.24, 2.45) is 0 Å². The number of aromatic nitrogens is 1. The number of anilines is 1. The molecule has 0 atom stereocenters. The van der Waals surface area contributed by atoms with Gasteiger partial charge in [0.2, 0.25) is 5.91 Å². The summed E-state index contributed by atoms with van der Waals surface area (Å²) < 4.78 is 10.9. The molecule has 0 aliphatic carbocycles. The van der Waals surface area contributed by atoms with Gasteiger partial charge in [0.15, 0.2) is 5.58 Å². The van der Waals surface area contributed by atoms with Crippen LogP contribution in [0.4, 0.5) is 5.69 Å². The van der Waals surface area contributed by atoms with Gasteiger partial charge in [-0.15, -0.1) is 0 Å². The second-order valence-electron chi connectivity index (χ2n) is 6.45. The Morgan fingerprint density at radius 1 is 1.04 bits per heavy atom. The number of piperazine rings is 1. The number of rotatable bonds is 5. The van der Waals surface area contributed by atoms with Crippen molar-refractivity contribution in [2.45, 2.75) is 6.42 Å². The van der Waals surface area contributed by atoms with E-state index in [2.05, 4.69) is 9.88 Å². The summed E-state index contributed by atoms with van der Waals surface area (Å²) in [6.45, 7) is 3.03. The first-order valence-corrected chi connectivity index (χ1v) is 9.03. The molecule has 7 nitrogen and oxygen atoms in total. The molecule has 4 rings (SSSR count). The van der Waals surface area contributed by atoms with Crippen LogP contribution in [-0.2, 0) is 4.79 Å². The molecule has 3 aromatic rings. The van der Waals surface area contributed by atoms with Crippen molar-refractivity contribution in [3.8, 4) is 5.75 Å². The molecule has 0 saturated carbocycles. The highest BCUT2D eigenvalue weighted by molar-refractivity contribution is 5.86. The zero-order valence-corrected chi connectivity index (χ0v) is 14.9. The minimum atomic E-state index is -0.454. The van der Waals surface area contributed by atoms with E-state index in [-0.39, 0.29) is 5.91 Å². The van der Waals surface area contributed by atoms with E-state index in [1.807, 2.05) is 53.4 Å². The van der Waals surface area contributed by atoms with Crippen LogP contribution in [0.25, 0.3) is 11.1 Å². The first-order chi connectivity index (χ1) is 13.2. The van der Waals surface area contributed by atoms with Crippen LogP contribution < -0.4 is 15.4 Å². The highest BCUT2D eigenvalue weighted by Crippen LogP contribution is 2.25. The minimum absolute atomic E-state index is 0.0944. The summed E-state index contributed by atoms with van der Waals surface area (Å²) in [6, 6.07) is 15.1. The fourth-order valence-electron chi connectivity index (χ4n) is 3.34. The highest BCUT2D eigenvalue weighted by atomic mass is 16.5. The van der Waals surface area contributed by atoms with Gasteiger partial charge in [0.1, 0.15) is 5.75 Å². The Balaban J connectivity index is 1.31. The average Bonchev–Trinajstić information content (AvgIpc) is 3.09. The molecule has 1 aliphatic heterocycles. The van der Waals surface area contributed by atoms with Crippen LogP contribution in [0.3, 0.4) is 0 Å². The molecular formula is C20H21N3O4. The van der Waals surface area contributed by atoms with Crippen molar-refractivity contribution < 1.29 is 13.9 Å². The third-order valence-electron chi connectivity index (χ3n) is 4.73. The molecule has 2 aromatic carbocycles. The maximum atomic E-state index is 12.4. The van der Waals surface area contributed by atoms with E-state index in [0.717, 1.165) is 11.4 Å². The molecule has 140 valence electrons. The van der Waals surface area contributed by atoms with E-state index in [9.17, 15) is 9.59 Å². The van der Waals surface area contributed by atoms with E-state index in [1.54, 1.807) is 0 Å². The Labute approximate surface area is 156 Å². The van der Waals surface area contributed by atoms with Gasteiger partial charge in [-0.1, -0.05) is 24.3 Å². The van der Waals surface area contributed by atoms with Crippen LogP contribution in [0.15, 0.2) is 57.7 Å². The van der Waals surface area contributed by atoms with E-state index in [0.29, 0.717) is 50.3 Å². The number of para-hydroxylation sites is 2. The molecule has 1 N–H and O–H groups in total. The molecular weight excluding hydrogens is 346 g/mol. The monoisotopic (exact) mass is 367 g/mol. The zero-order valence-electron chi connectivity index (χ0n) is 14.9. The van der Waals surface area contributed by atoms with E-state index in [4.69, 9.17) is 9.15 Å². The van der Waals surface area contributed by atoms with Crippen LogP contribution in [0.2, 0.25) is 0 Å². The molecule has 0 radical (unpaired) electrons. The molecule has 1 saturated heterocycles. The topological polar surface area (TPSA) is 78.8 Å². The lowest BCUT2D eigenvalue weighted by atomic mass is 10.2. The van der Waals surface area contributed by atoms with Gasteiger partial charge in [-0.2, -0.15) is 0 Å². The Bertz CT molecular complexity index is 972. The van der Waals surface area contributed by atoms with Crippen molar-refractivity contribution in [3.63, 3.8) is 0 Å².